The average molecular weight is 437 g/mol. The number of amides is 1. The van der Waals surface area contributed by atoms with Crippen LogP contribution < -0.4 is 0 Å². The number of rotatable bonds is 6. The Hall–Kier alpha value is -3.23. The highest BCUT2D eigenvalue weighted by Crippen LogP contribution is 2.41. The maximum atomic E-state index is 13.0. The number of nitrogens with zero attached hydrogens (tertiary/aromatic N) is 4. The van der Waals surface area contributed by atoms with E-state index in [2.05, 4.69) is 5.10 Å². The molecule has 1 saturated heterocycles. The molecule has 1 fully saturated rings. The summed E-state index contributed by atoms with van der Waals surface area (Å²) in [5.41, 5.74) is 2.09. The molecule has 3 aromatic rings. The number of carbonyl (C=O) groups excluding carboxylic acids is 2. The Bertz CT molecular complexity index is 1130. The first-order valence-corrected chi connectivity index (χ1v) is 10.8. The van der Waals surface area contributed by atoms with Crippen LogP contribution in [0, 0.1) is 6.92 Å². The maximum absolute atomic E-state index is 13.0. The van der Waals surface area contributed by atoms with Crippen LogP contribution in [0.3, 0.4) is 0 Å². The van der Waals surface area contributed by atoms with Gasteiger partial charge in [-0.2, -0.15) is 5.10 Å². The van der Waals surface area contributed by atoms with Gasteiger partial charge in [-0.1, -0.05) is 24.3 Å². The molecule has 8 heteroatoms. The van der Waals surface area contributed by atoms with Crippen molar-refractivity contribution in [2.75, 3.05) is 27.2 Å². The van der Waals surface area contributed by atoms with Crippen LogP contribution in [0.1, 0.15) is 22.2 Å². The Labute approximate surface area is 184 Å². The molecule has 1 atom stereocenters. The van der Waals surface area contributed by atoms with E-state index in [0.29, 0.717) is 24.3 Å². The number of likely N-dealkylation sites (tertiary alicyclic amines) is 1. The summed E-state index contributed by atoms with van der Waals surface area (Å²) in [6, 6.07) is 12.7. The van der Waals surface area contributed by atoms with E-state index >= 15 is 0 Å². The second-order valence-corrected chi connectivity index (χ2v) is 8.68. The number of thiophene rings is 1. The molecular formula is C23H24N4O3S. The molecule has 0 aliphatic carbocycles. The number of aliphatic hydroxyl groups is 1. The summed E-state index contributed by atoms with van der Waals surface area (Å²) in [6.45, 7) is 2.83. The van der Waals surface area contributed by atoms with E-state index in [-0.39, 0.29) is 11.3 Å². The molecule has 1 aliphatic rings. The minimum absolute atomic E-state index is 0.113. The van der Waals surface area contributed by atoms with Gasteiger partial charge in [0.1, 0.15) is 5.76 Å². The summed E-state index contributed by atoms with van der Waals surface area (Å²) < 4.78 is 1.71. The summed E-state index contributed by atoms with van der Waals surface area (Å²) in [5, 5.41) is 17.5. The van der Waals surface area contributed by atoms with E-state index in [9.17, 15) is 14.7 Å². The van der Waals surface area contributed by atoms with Crippen LogP contribution in [0.2, 0.25) is 0 Å². The van der Waals surface area contributed by atoms with Crippen molar-refractivity contribution in [2.45, 2.75) is 13.0 Å². The largest absolute Gasteiger partial charge is 0.507 e. The highest BCUT2D eigenvalue weighted by Gasteiger charge is 2.46. The molecule has 0 unspecified atom stereocenters. The average Bonchev–Trinajstić information content (AvgIpc) is 3.47. The first-order chi connectivity index (χ1) is 14.9. The highest BCUT2D eigenvalue weighted by molar-refractivity contribution is 7.10. The van der Waals surface area contributed by atoms with Crippen molar-refractivity contribution in [3.63, 3.8) is 0 Å². The zero-order valence-electron chi connectivity index (χ0n) is 17.6. The number of likely N-dealkylation sites (N-methyl/N-ethyl adjacent to an activating group) is 1. The molecule has 2 aromatic heterocycles. The van der Waals surface area contributed by atoms with Gasteiger partial charge in [-0.15, -0.1) is 11.3 Å². The van der Waals surface area contributed by atoms with E-state index in [1.807, 2.05) is 73.8 Å². The van der Waals surface area contributed by atoms with Crippen molar-refractivity contribution in [3.8, 4) is 5.69 Å². The Morgan fingerprint density at radius 2 is 1.90 bits per heavy atom. The normalized spacial score (nSPS) is 18.3. The molecule has 3 heterocycles. The summed E-state index contributed by atoms with van der Waals surface area (Å²) in [5.74, 6) is -1.44. The number of carbonyl (C=O) groups is 2. The number of aliphatic hydroxyl groups excluding tert-OH is 1. The van der Waals surface area contributed by atoms with Crippen molar-refractivity contribution >= 4 is 28.8 Å². The highest BCUT2D eigenvalue weighted by atomic mass is 32.1. The smallest absolute Gasteiger partial charge is 0.295 e. The van der Waals surface area contributed by atoms with Gasteiger partial charge in [-0.25, -0.2) is 4.68 Å². The molecule has 1 aromatic carbocycles. The number of para-hydroxylation sites is 1. The minimum atomic E-state index is -0.665. The zero-order valence-corrected chi connectivity index (χ0v) is 18.5. The molecular weight excluding hydrogens is 412 g/mol. The molecule has 160 valence electrons. The fourth-order valence-corrected chi connectivity index (χ4v) is 4.62. The first-order valence-electron chi connectivity index (χ1n) is 9.97. The Morgan fingerprint density at radius 1 is 1.16 bits per heavy atom. The third-order valence-corrected chi connectivity index (χ3v) is 6.33. The van der Waals surface area contributed by atoms with Crippen molar-refractivity contribution < 1.29 is 14.7 Å². The summed E-state index contributed by atoms with van der Waals surface area (Å²) in [6.07, 6.45) is 1.54. The monoisotopic (exact) mass is 436 g/mol. The quantitative estimate of drug-likeness (QED) is 0.365. The Morgan fingerprint density at radius 3 is 2.55 bits per heavy atom. The molecule has 31 heavy (non-hydrogen) atoms. The summed E-state index contributed by atoms with van der Waals surface area (Å²) in [4.78, 5) is 30.3. The van der Waals surface area contributed by atoms with Crippen molar-refractivity contribution in [1.82, 2.24) is 19.6 Å². The van der Waals surface area contributed by atoms with Gasteiger partial charge in [0.2, 0.25) is 0 Å². The van der Waals surface area contributed by atoms with Crippen LogP contribution >= 0.6 is 11.3 Å². The fourth-order valence-electron chi connectivity index (χ4n) is 3.78. The van der Waals surface area contributed by atoms with Crippen molar-refractivity contribution in [3.05, 3.63) is 75.7 Å². The van der Waals surface area contributed by atoms with Crippen LogP contribution in [0.25, 0.3) is 11.4 Å². The lowest BCUT2D eigenvalue weighted by Crippen LogP contribution is -2.35. The van der Waals surface area contributed by atoms with E-state index < -0.39 is 17.7 Å². The lowest BCUT2D eigenvalue weighted by molar-refractivity contribution is -0.140. The molecule has 0 bridgehead atoms. The van der Waals surface area contributed by atoms with Crippen molar-refractivity contribution in [1.29, 1.82) is 0 Å². The summed E-state index contributed by atoms with van der Waals surface area (Å²) in [7, 11) is 3.83. The number of ketones is 1. The van der Waals surface area contributed by atoms with E-state index in [4.69, 9.17) is 0 Å². The molecule has 0 saturated carbocycles. The van der Waals surface area contributed by atoms with Gasteiger partial charge in [0.25, 0.3) is 11.7 Å². The van der Waals surface area contributed by atoms with Crippen LogP contribution in [0.5, 0.6) is 0 Å². The van der Waals surface area contributed by atoms with Crippen LogP contribution in [-0.2, 0) is 9.59 Å². The topological polar surface area (TPSA) is 78.7 Å². The fraction of sp³-hybridized carbons (Fsp3) is 0.261. The van der Waals surface area contributed by atoms with E-state index in [1.54, 1.807) is 9.58 Å². The third kappa shape index (κ3) is 3.80. The lowest BCUT2D eigenvalue weighted by atomic mass is 10.00. The van der Waals surface area contributed by atoms with Crippen molar-refractivity contribution in [2.24, 2.45) is 0 Å². The second-order valence-electron chi connectivity index (χ2n) is 7.70. The minimum Gasteiger partial charge on any atom is -0.507 e. The maximum Gasteiger partial charge on any atom is 0.295 e. The van der Waals surface area contributed by atoms with Gasteiger partial charge in [0, 0.05) is 18.0 Å². The van der Waals surface area contributed by atoms with Crippen LogP contribution in [0.4, 0.5) is 0 Å². The predicted molar refractivity (Wildman–Crippen MR) is 120 cm³/mol. The number of Topliss-reactive ketones (excluding diaryl/α,β-unsaturated/α-hetero) is 1. The molecule has 1 aliphatic heterocycles. The van der Waals surface area contributed by atoms with E-state index in [0.717, 1.165) is 10.6 Å². The van der Waals surface area contributed by atoms with Gasteiger partial charge in [-0.3, -0.25) is 9.59 Å². The van der Waals surface area contributed by atoms with Crippen LogP contribution in [-0.4, -0.2) is 63.6 Å². The Kier molecular flexibility index (Phi) is 5.75. The molecule has 4 rings (SSSR count). The summed E-state index contributed by atoms with van der Waals surface area (Å²) >= 11 is 1.46. The number of hydrogen-bond acceptors (Lipinski definition) is 6. The Balaban J connectivity index is 1.81. The standard InChI is InChI=1S/C23H24N4O3S/c1-15-17(14-24-27(15)16-8-5-4-6-9-16)21(28)19-20(18-10-7-13-31-18)26(12-11-25(2)3)23(30)22(19)29/h4-10,13-14,20,28H,11-12H2,1-3H3/t20-/m1/s1. The first kappa shape index (κ1) is 21.0. The van der Waals surface area contributed by atoms with Gasteiger partial charge in [0.05, 0.1) is 34.8 Å². The SMILES string of the molecule is Cc1c(C(O)=C2C(=O)C(=O)N(CCN(C)C)[C@@H]2c2cccs2)cnn1-c1ccccc1. The number of hydrogen-bond donors (Lipinski definition) is 1. The third-order valence-electron chi connectivity index (χ3n) is 5.41. The molecule has 0 radical (unpaired) electrons. The van der Waals surface area contributed by atoms with Crippen LogP contribution in [0.15, 0.2) is 59.6 Å². The molecule has 1 N–H and O–H groups in total. The van der Waals surface area contributed by atoms with Gasteiger partial charge in [-0.05, 0) is 44.6 Å². The second kappa shape index (κ2) is 8.49. The molecule has 0 spiro atoms. The van der Waals surface area contributed by atoms with Gasteiger partial charge >= 0.3 is 0 Å². The zero-order chi connectivity index (χ0) is 22.1. The molecule has 1 amide bonds. The molecule has 7 nitrogen and oxygen atoms in total. The van der Waals surface area contributed by atoms with Gasteiger partial charge in [0.15, 0.2) is 0 Å². The van der Waals surface area contributed by atoms with Gasteiger partial charge < -0.3 is 14.9 Å². The predicted octanol–water partition coefficient (Wildman–Crippen LogP) is 3.23. The van der Waals surface area contributed by atoms with E-state index in [1.165, 1.54) is 17.5 Å². The lowest BCUT2D eigenvalue weighted by Gasteiger charge is -2.25. The number of aromatic nitrogens is 2. The number of benzene rings is 1.